The molecule has 0 amide bonds. The van der Waals surface area contributed by atoms with Crippen LogP contribution in [0.3, 0.4) is 0 Å². The van der Waals surface area contributed by atoms with Gasteiger partial charge in [-0.15, -0.1) is 0 Å². The molecule has 1 aromatic rings. The van der Waals surface area contributed by atoms with Crippen LogP contribution >= 0.6 is 0 Å². The van der Waals surface area contributed by atoms with Crippen LogP contribution in [-0.2, 0) is 10.0 Å². The van der Waals surface area contributed by atoms with Gasteiger partial charge in [0, 0.05) is 25.3 Å². The minimum Gasteiger partial charge on any atom is -0.396 e. The predicted molar refractivity (Wildman–Crippen MR) is 76.3 cm³/mol. The molecular weight excluding hydrogens is 296 g/mol. The van der Waals surface area contributed by atoms with Gasteiger partial charge >= 0.3 is 0 Å². The summed E-state index contributed by atoms with van der Waals surface area (Å²) in [6, 6.07) is 5.21. The summed E-state index contributed by atoms with van der Waals surface area (Å²) in [5, 5.41) is 19.9. The van der Waals surface area contributed by atoms with Crippen LogP contribution in [-0.4, -0.2) is 41.9 Å². The smallest absolute Gasteiger partial charge is 0.289 e. The first-order valence-corrected chi connectivity index (χ1v) is 8.28. The van der Waals surface area contributed by atoms with Crippen LogP contribution in [0.15, 0.2) is 29.2 Å². The van der Waals surface area contributed by atoms with E-state index in [2.05, 4.69) is 0 Å². The zero-order valence-corrected chi connectivity index (χ0v) is 12.3. The minimum atomic E-state index is -3.88. The fraction of sp³-hybridized carbons (Fsp3) is 0.538. The van der Waals surface area contributed by atoms with Gasteiger partial charge in [0.25, 0.3) is 5.69 Å². The second-order valence-corrected chi connectivity index (χ2v) is 6.86. The number of nitrogens with zero attached hydrogens (tertiary/aromatic N) is 2. The van der Waals surface area contributed by atoms with Crippen molar-refractivity contribution in [1.82, 2.24) is 4.31 Å². The molecule has 0 spiro atoms. The van der Waals surface area contributed by atoms with Gasteiger partial charge in [0.15, 0.2) is 4.90 Å². The van der Waals surface area contributed by atoms with Crippen molar-refractivity contribution in [1.29, 1.82) is 0 Å². The number of sulfonamides is 1. The van der Waals surface area contributed by atoms with Crippen molar-refractivity contribution in [2.75, 3.05) is 13.2 Å². The molecule has 1 fully saturated rings. The number of para-hydroxylation sites is 1. The van der Waals surface area contributed by atoms with Crippen LogP contribution in [0.4, 0.5) is 5.69 Å². The molecule has 1 unspecified atom stereocenters. The standard InChI is InChI=1S/C13H18N2O5S/c16-10-4-6-11-5-3-9-14(11)21(19,20)13-8-2-1-7-12(13)15(17)18/h1-2,7-8,11,16H,3-6,9-10H2. The maximum absolute atomic E-state index is 12.7. The number of hydrogen-bond acceptors (Lipinski definition) is 5. The van der Waals surface area contributed by atoms with Gasteiger partial charge in [-0.1, -0.05) is 12.1 Å². The molecule has 0 bridgehead atoms. The molecule has 1 N–H and O–H groups in total. The van der Waals surface area contributed by atoms with Gasteiger partial charge < -0.3 is 5.11 Å². The molecule has 0 radical (unpaired) electrons. The summed E-state index contributed by atoms with van der Waals surface area (Å²) in [5.41, 5.74) is -0.398. The Morgan fingerprint density at radius 3 is 2.76 bits per heavy atom. The Balaban J connectivity index is 2.36. The monoisotopic (exact) mass is 314 g/mol. The number of hydrogen-bond donors (Lipinski definition) is 1. The molecule has 1 atom stereocenters. The zero-order chi connectivity index (χ0) is 15.5. The van der Waals surface area contributed by atoms with Crippen LogP contribution < -0.4 is 0 Å². The number of aliphatic hydroxyl groups excluding tert-OH is 1. The summed E-state index contributed by atoms with van der Waals surface area (Å²) in [6.07, 6.45) is 2.54. The first-order chi connectivity index (χ1) is 9.98. The quantitative estimate of drug-likeness (QED) is 0.633. The van der Waals surface area contributed by atoms with E-state index >= 15 is 0 Å². The third-order valence-electron chi connectivity index (χ3n) is 3.67. The average molecular weight is 314 g/mol. The molecule has 2 rings (SSSR count). The number of nitro groups is 1. The fourth-order valence-corrected chi connectivity index (χ4v) is 4.58. The highest BCUT2D eigenvalue weighted by Gasteiger charge is 2.38. The molecule has 21 heavy (non-hydrogen) atoms. The Labute approximate surface area is 123 Å². The van der Waals surface area contributed by atoms with E-state index in [0.29, 0.717) is 19.4 Å². The third-order valence-corrected chi connectivity index (χ3v) is 5.67. The number of nitro benzene ring substituents is 1. The highest BCUT2D eigenvalue weighted by atomic mass is 32.2. The van der Waals surface area contributed by atoms with Crippen molar-refractivity contribution < 1.29 is 18.4 Å². The zero-order valence-electron chi connectivity index (χ0n) is 11.5. The summed E-state index contributed by atoms with van der Waals surface area (Å²) < 4.78 is 26.7. The summed E-state index contributed by atoms with van der Waals surface area (Å²) >= 11 is 0. The predicted octanol–water partition coefficient (Wildman–Crippen LogP) is 1.52. The van der Waals surface area contributed by atoms with E-state index in [1.807, 2.05) is 0 Å². The van der Waals surface area contributed by atoms with Gasteiger partial charge in [-0.2, -0.15) is 4.31 Å². The Morgan fingerprint density at radius 2 is 2.10 bits per heavy atom. The van der Waals surface area contributed by atoms with Crippen LogP contribution in [0.2, 0.25) is 0 Å². The molecule has 0 saturated carbocycles. The lowest BCUT2D eigenvalue weighted by Gasteiger charge is -2.23. The first kappa shape index (κ1) is 15.9. The minimum absolute atomic E-state index is 0.00979. The van der Waals surface area contributed by atoms with Crippen molar-refractivity contribution in [3.05, 3.63) is 34.4 Å². The van der Waals surface area contributed by atoms with Gasteiger partial charge in [0.05, 0.1) is 4.92 Å². The van der Waals surface area contributed by atoms with Crippen LogP contribution in [0.5, 0.6) is 0 Å². The van der Waals surface area contributed by atoms with E-state index in [1.165, 1.54) is 28.6 Å². The number of benzene rings is 1. The van der Waals surface area contributed by atoms with Gasteiger partial charge in [-0.05, 0) is 31.7 Å². The Hall–Kier alpha value is -1.51. The molecule has 116 valence electrons. The SMILES string of the molecule is O=[N+]([O-])c1ccccc1S(=O)(=O)N1CCCC1CCCO. The van der Waals surface area contributed by atoms with Crippen LogP contribution in [0.25, 0.3) is 0 Å². The molecule has 1 aliphatic rings. The van der Waals surface area contributed by atoms with Crippen molar-refractivity contribution in [3.8, 4) is 0 Å². The lowest BCUT2D eigenvalue weighted by molar-refractivity contribution is -0.387. The largest absolute Gasteiger partial charge is 0.396 e. The lowest BCUT2D eigenvalue weighted by atomic mass is 10.1. The second-order valence-electron chi connectivity index (χ2n) is 5.00. The molecule has 7 nitrogen and oxygen atoms in total. The highest BCUT2D eigenvalue weighted by molar-refractivity contribution is 7.89. The van der Waals surface area contributed by atoms with Gasteiger partial charge in [-0.25, -0.2) is 8.42 Å². The summed E-state index contributed by atoms with van der Waals surface area (Å²) in [5.74, 6) is 0. The lowest BCUT2D eigenvalue weighted by Crippen LogP contribution is -2.36. The third kappa shape index (κ3) is 3.22. The topological polar surface area (TPSA) is 101 Å². The number of aliphatic hydroxyl groups is 1. The molecule has 0 aliphatic carbocycles. The Bertz CT molecular complexity index is 617. The molecule has 1 heterocycles. The molecule has 1 aliphatic heterocycles. The number of rotatable bonds is 6. The normalized spacial score (nSPS) is 19.8. The van der Waals surface area contributed by atoms with E-state index in [9.17, 15) is 18.5 Å². The second kappa shape index (κ2) is 6.50. The average Bonchev–Trinajstić information content (AvgIpc) is 2.94. The Morgan fingerprint density at radius 1 is 1.38 bits per heavy atom. The summed E-state index contributed by atoms with van der Waals surface area (Å²) in [7, 11) is -3.88. The molecule has 1 saturated heterocycles. The fourth-order valence-electron chi connectivity index (χ4n) is 2.69. The van der Waals surface area contributed by atoms with Crippen LogP contribution in [0.1, 0.15) is 25.7 Å². The summed E-state index contributed by atoms with van der Waals surface area (Å²) in [6.45, 7) is 0.375. The molecule has 8 heteroatoms. The molecule has 0 aromatic heterocycles. The van der Waals surface area contributed by atoms with E-state index < -0.39 is 20.6 Å². The maximum atomic E-state index is 12.7. The van der Waals surface area contributed by atoms with E-state index in [-0.39, 0.29) is 17.5 Å². The van der Waals surface area contributed by atoms with E-state index in [4.69, 9.17) is 5.11 Å². The van der Waals surface area contributed by atoms with Crippen molar-refractivity contribution in [2.45, 2.75) is 36.6 Å². The van der Waals surface area contributed by atoms with Crippen LogP contribution in [0, 0.1) is 10.1 Å². The Kier molecular flexibility index (Phi) is 4.92. The van der Waals surface area contributed by atoms with E-state index in [0.717, 1.165) is 12.8 Å². The molecule has 1 aromatic carbocycles. The van der Waals surface area contributed by atoms with Gasteiger partial charge in [-0.3, -0.25) is 10.1 Å². The molecular formula is C13H18N2O5S. The summed E-state index contributed by atoms with van der Waals surface area (Å²) in [4.78, 5) is 10.1. The maximum Gasteiger partial charge on any atom is 0.289 e. The first-order valence-electron chi connectivity index (χ1n) is 6.84. The van der Waals surface area contributed by atoms with E-state index in [1.54, 1.807) is 0 Å². The van der Waals surface area contributed by atoms with Gasteiger partial charge in [0.2, 0.25) is 10.0 Å². The van der Waals surface area contributed by atoms with Crippen molar-refractivity contribution >= 4 is 15.7 Å². The van der Waals surface area contributed by atoms with Crippen molar-refractivity contribution in [3.63, 3.8) is 0 Å². The van der Waals surface area contributed by atoms with Crippen molar-refractivity contribution in [2.24, 2.45) is 0 Å². The highest BCUT2D eigenvalue weighted by Crippen LogP contribution is 2.32. The van der Waals surface area contributed by atoms with Gasteiger partial charge in [0.1, 0.15) is 0 Å².